The molecule has 2 heterocycles. The Hall–Kier alpha value is -3.43. The molecule has 0 spiro atoms. The number of carbonyl (C=O) groups is 1. The van der Waals surface area contributed by atoms with Crippen molar-refractivity contribution in [2.24, 2.45) is 0 Å². The van der Waals surface area contributed by atoms with Gasteiger partial charge in [0.15, 0.2) is 5.82 Å². The van der Waals surface area contributed by atoms with E-state index in [4.69, 9.17) is 4.74 Å². The molecule has 1 amide bonds. The number of rotatable bonds is 8. The predicted molar refractivity (Wildman–Crippen MR) is 144 cm³/mol. The van der Waals surface area contributed by atoms with E-state index in [0.29, 0.717) is 23.2 Å². The van der Waals surface area contributed by atoms with E-state index >= 15 is 0 Å². The van der Waals surface area contributed by atoms with Gasteiger partial charge in [-0.2, -0.15) is 0 Å². The van der Waals surface area contributed by atoms with Crippen molar-refractivity contribution in [3.05, 3.63) is 53.3 Å². The fourth-order valence-electron chi connectivity index (χ4n) is 4.80. The van der Waals surface area contributed by atoms with Crippen molar-refractivity contribution < 1.29 is 14.6 Å². The number of aromatic hydroxyl groups is 1. The Balaban J connectivity index is 1.67. The van der Waals surface area contributed by atoms with E-state index in [0.717, 1.165) is 44.0 Å². The summed E-state index contributed by atoms with van der Waals surface area (Å²) in [5.41, 5.74) is 3.36. The molecule has 1 saturated heterocycles. The first-order chi connectivity index (χ1) is 17.7. The van der Waals surface area contributed by atoms with Crippen LogP contribution in [-0.2, 0) is 6.54 Å². The Morgan fingerprint density at radius 3 is 2.30 bits per heavy atom. The number of nitrogens with zero attached hydrogens (tertiary/aromatic N) is 5. The van der Waals surface area contributed by atoms with Crippen LogP contribution >= 0.6 is 0 Å². The molecule has 1 aliphatic rings. The molecule has 0 bridgehead atoms. The number of ether oxygens (including phenoxy) is 1. The van der Waals surface area contributed by atoms with Crippen molar-refractivity contribution in [1.82, 2.24) is 29.9 Å². The minimum atomic E-state index is -0.358. The summed E-state index contributed by atoms with van der Waals surface area (Å²) < 4.78 is 7.16. The number of hydrogen-bond acceptors (Lipinski definition) is 7. The Kier molecular flexibility index (Phi) is 8.14. The van der Waals surface area contributed by atoms with Crippen LogP contribution in [0.3, 0.4) is 0 Å². The molecule has 0 aliphatic carbocycles. The maximum absolute atomic E-state index is 12.7. The molecule has 37 heavy (non-hydrogen) atoms. The third-order valence-corrected chi connectivity index (χ3v) is 7.04. The first-order valence-corrected chi connectivity index (χ1v) is 12.9. The van der Waals surface area contributed by atoms with Crippen LogP contribution in [0, 0.1) is 0 Å². The van der Waals surface area contributed by atoms with E-state index in [1.807, 2.05) is 18.2 Å². The first-order valence-electron chi connectivity index (χ1n) is 12.9. The van der Waals surface area contributed by atoms with E-state index in [-0.39, 0.29) is 23.4 Å². The van der Waals surface area contributed by atoms with E-state index in [1.54, 1.807) is 24.8 Å². The van der Waals surface area contributed by atoms with Crippen molar-refractivity contribution in [3.63, 3.8) is 0 Å². The van der Waals surface area contributed by atoms with Crippen molar-refractivity contribution in [2.75, 3.05) is 40.3 Å². The number of methoxy groups -OCH3 is 1. The summed E-state index contributed by atoms with van der Waals surface area (Å²) in [4.78, 5) is 17.7. The quantitative estimate of drug-likeness (QED) is 0.481. The molecule has 9 nitrogen and oxygen atoms in total. The normalized spacial score (nSPS) is 14.9. The largest absolute Gasteiger partial charge is 0.507 e. The summed E-state index contributed by atoms with van der Waals surface area (Å²) >= 11 is 0. The zero-order valence-electron chi connectivity index (χ0n) is 22.7. The summed E-state index contributed by atoms with van der Waals surface area (Å²) in [5.74, 6) is 0.950. The zero-order valence-corrected chi connectivity index (χ0v) is 22.7. The standard InChI is InChI=1S/C28H38N6O3/c1-18(2)22-15-23(24(35)16-25(22)37-6)26-30-31-27(28(36)29-5)34(26)21-9-7-20(8-10-21)17-32-11-13-33(14-12-32)19(3)4/h7-10,15-16,18-19,35H,11-14,17H2,1-6H3,(H,29,36). The summed E-state index contributed by atoms with van der Waals surface area (Å²) in [6.07, 6.45) is 0. The molecule has 0 radical (unpaired) electrons. The molecule has 198 valence electrons. The fraction of sp³-hybridized carbons (Fsp3) is 0.464. The monoisotopic (exact) mass is 506 g/mol. The van der Waals surface area contributed by atoms with Gasteiger partial charge in [0, 0.05) is 57.6 Å². The van der Waals surface area contributed by atoms with Crippen LogP contribution in [-0.4, -0.2) is 82.0 Å². The number of nitrogens with one attached hydrogen (secondary N) is 1. The van der Waals surface area contributed by atoms with Gasteiger partial charge in [-0.15, -0.1) is 10.2 Å². The van der Waals surface area contributed by atoms with Crippen LogP contribution < -0.4 is 10.1 Å². The molecule has 2 N–H and O–H groups in total. The summed E-state index contributed by atoms with van der Waals surface area (Å²) in [6.45, 7) is 13.7. The lowest BCUT2D eigenvalue weighted by molar-refractivity contribution is 0.0950. The summed E-state index contributed by atoms with van der Waals surface area (Å²) in [6, 6.07) is 12.1. The van der Waals surface area contributed by atoms with Gasteiger partial charge in [0.05, 0.1) is 12.7 Å². The van der Waals surface area contributed by atoms with E-state index in [2.05, 4.69) is 65.1 Å². The third-order valence-electron chi connectivity index (χ3n) is 7.04. The smallest absolute Gasteiger partial charge is 0.289 e. The second kappa shape index (κ2) is 11.3. The lowest BCUT2D eigenvalue weighted by Crippen LogP contribution is -2.48. The molecular formula is C28H38N6O3. The second-order valence-corrected chi connectivity index (χ2v) is 10.1. The maximum atomic E-state index is 12.7. The Labute approximate surface area is 219 Å². The highest BCUT2D eigenvalue weighted by Crippen LogP contribution is 2.38. The highest BCUT2D eigenvalue weighted by atomic mass is 16.5. The van der Waals surface area contributed by atoms with Gasteiger partial charge in [-0.1, -0.05) is 26.0 Å². The maximum Gasteiger partial charge on any atom is 0.289 e. The van der Waals surface area contributed by atoms with Gasteiger partial charge in [-0.25, -0.2) is 0 Å². The van der Waals surface area contributed by atoms with Gasteiger partial charge in [0.2, 0.25) is 5.82 Å². The highest BCUT2D eigenvalue weighted by Gasteiger charge is 2.24. The molecular weight excluding hydrogens is 468 g/mol. The molecule has 2 aromatic carbocycles. The van der Waals surface area contributed by atoms with Gasteiger partial charge < -0.3 is 15.2 Å². The lowest BCUT2D eigenvalue weighted by Gasteiger charge is -2.36. The highest BCUT2D eigenvalue weighted by molar-refractivity contribution is 5.92. The van der Waals surface area contributed by atoms with Gasteiger partial charge in [0.25, 0.3) is 5.91 Å². The Morgan fingerprint density at radius 2 is 1.73 bits per heavy atom. The number of hydrogen-bond donors (Lipinski definition) is 2. The number of aromatic nitrogens is 3. The van der Waals surface area contributed by atoms with Crippen LogP contribution in [0.2, 0.25) is 0 Å². The number of amides is 1. The first kappa shape index (κ1) is 26.6. The van der Waals surface area contributed by atoms with E-state index in [9.17, 15) is 9.90 Å². The van der Waals surface area contributed by atoms with E-state index < -0.39 is 0 Å². The predicted octanol–water partition coefficient (Wildman–Crippen LogP) is 3.66. The molecule has 0 atom stereocenters. The minimum absolute atomic E-state index is 0.00974. The molecule has 0 saturated carbocycles. The van der Waals surface area contributed by atoms with Crippen molar-refractivity contribution in [3.8, 4) is 28.6 Å². The Morgan fingerprint density at radius 1 is 1.05 bits per heavy atom. The van der Waals surface area contributed by atoms with Crippen molar-refractivity contribution >= 4 is 5.91 Å². The average molecular weight is 507 g/mol. The fourth-order valence-corrected chi connectivity index (χ4v) is 4.80. The van der Waals surface area contributed by atoms with Crippen LogP contribution in [0.1, 0.15) is 55.4 Å². The molecule has 1 fully saturated rings. The Bertz CT molecular complexity index is 1230. The topological polar surface area (TPSA) is 95.8 Å². The molecule has 1 aliphatic heterocycles. The SMILES string of the molecule is CNC(=O)c1nnc(-c2cc(C(C)C)c(OC)cc2O)n1-c1ccc(CN2CCN(C(C)C)CC2)cc1. The van der Waals surface area contributed by atoms with Gasteiger partial charge in [0.1, 0.15) is 11.5 Å². The zero-order chi connectivity index (χ0) is 26.7. The summed E-state index contributed by atoms with van der Waals surface area (Å²) in [7, 11) is 3.14. The number of phenolic OH excluding ortho intramolecular Hbond substituents is 1. The van der Waals surface area contributed by atoms with Gasteiger partial charge >= 0.3 is 0 Å². The molecule has 0 unspecified atom stereocenters. The third kappa shape index (κ3) is 5.62. The number of piperazine rings is 1. The summed E-state index contributed by atoms with van der Waals surface area (Å²) in [5, 5.41) is 22.0. The van der Waals surface area contributed by atoms with E-state index in [1.165, 1.54) is 5.56 Å². The number of phenols is 1. The van der Waals surface area contributed by atoms with Gasteiger partial charge in [-0.3, -0.25) is 19.2 Å². The number of benzene rings is 2. The van der Waals surface area contributed by atoms with Crippen molar-refractivity contribution in [2.45, 2.75) is 46.2 Å². The second-order valence-electron chi connectivity index (χ2n) is 10.1. The van der Waals surface area contributed by atoms with Crippen molar-refractivity contribution in [1.29, 1.82) is 0 Å². The molecule has 9 heteroatoms. The lowest BCUT2D eigenvalue weighted by atomic mass is 9.98. The molecule has 1 aromatic heterocycles. The van der Waals surface area contributed by atoms with Crippen LogP contribution in [0.25, 0.3) is 17.1 Å². The van der Waals surface area contributed by atoms with Gasteiger partial charge in [-0.05, 0) is 49.1 Å². The minimum Gasteiger partial charge on any atom is -0.507 e. The average Bonchev–Trinajstić information content (AvgIpc) is 3.33. The van der Waals surface area contributed by atoms with Crippen LogP contribution in [0.15, 0.2) is 36.4 Å². The van der Waals surface area contributed by atoms with Crippen LogP contribution in [0.5, 0.6) is 11.5 Å². The molecule has 3 aromatic rings. The van der Waals surface area contributed by atoms with Crippen LogP contribution in [0.4, 0.5) is 0 Å². The number of carbonyl (C=O) groups excluding carboxylic acids is 1. The molecule has 4 rings (SSSR count).